The lowest BCUT2D eigenvalue weighted by Gasteiger charge is -1.99. The van der Waals surface area contributed by atoms with E-state index in [0.717, 1.165) is 0 Å². The summed E-state index contributed by atoms with van der Waals surface area (Å²) < 4.78 is 0. The summed E-state index contributed by atoms with van der Waals surface area (Å²) in [5, 5.41) is 7.75. The Morgan fingerprint density at radius 2 is 2.42 bits per heavy atom. The first-order chi connectivity index (χ1) is 5.66. The van der Waals surface area contributed by atoms with Crippen molar-refractivity contribution >= 4 is 22.5 Å². The first-order valence-corrected chi connectivity index (χ1v) is 3.39. The lowest BCUT2D eigenvalue weighted by Crippen LogP contribution is -2.02. The molecule has 0 aromatic carbocycles. The average Bonchev–Trinajstić information content (AvgIpc) is 2.04. The van der Waals surface area contributed by atoms with Gasteiger partial charge in [0, 0.05) is 6.20 Å². The Morgan fingerprint density at radius 1 is 1.75 bits per heavy atom. The zero-order chi connectivity index (χ0) is 9.14. The fourth-order valence-electron chi connectivity index (χ4n) is 0.727. The fourth-order valence-corrected chi connectivity index (χ4v) is 0.878. The van der Waals surface area contributed by atoms with Crippen LogP contribution in [0.15, 0.2) is 12.3 Å². The Labute approximate surface area is 73.6 Å². The fraction of sp³-hybridized carbons (Fsp3) is 0. The predicted octanol–water partition coefficient (Wildman–Crippen LogP) is 0.914. The summed E-state index contributed by atoms with van der Waals surface area (Å²) in [7, 11) is 0. The smallest absolute Gasteiger partial charge is 0.272 e. The molecule has 0 atom stereocenters. The third kappa shape index (κ3) is 1.36. The normalized spacial score (nSPS) is 9.00. The topological polar surface area (TPSA) is 79.8 Å². The molecule has 60 valence electrons. The van der Waals surface area contributed by atoms with Crippen molar-refractivity contribution in [3.63, 3.8) is 0 Å². The number of anilines is 1. The highest BCUT2D eigenvalue weighted by molar-refractivity contribution is 6.68. The Hall–Kier alpha value is -1.60. The minimum Gasteiger partial charge on any atom is -0.396 e. The second-order valence-corrected chi connectivity index (χ2v) is 2.35. The molecule has 0 spiro atoms. The number of carbonyl (C=O) groups is 1. The molecule has 0 fully saturated rings. The van der Waals surface area contributed by atoms with E-state index in [4.69, 9.17) is 22.6 Å². The van der Waals surface area contributed by atoms with Crippen LogP contribution in [-0.2, 0) is 0 Å². The molecule has 5 heteroatoms. The molecule has 4 nitrogen and oxygen atoms in total. The molecule has 1 rings (SSSR count). The summed E-state index contributed by atoms with van der Waals surface area (Å²) in [5.74, 6) is 0. The summed E-state index contributed by atoms with van der Waals surface area (Å²) >= 11 is 5.15. The zero-order valence-electron chi connectivity index (χ0n) is 5.91. The van der Waals surface area contributed by atoms with Crippen LogP contribution in [0.4, 0.5) is 5.69 Å². The summed E-state index contributed by atoms with van der Waals surface area (Å²) in [6, 6.07) is 3.23. The maximum absolute atomic E-state index is 10.6. The number of rotatable bonds is 1. The van der Waals surface area contributed by atoms with Crippen molar-refractivity contribution < 1.29 is 4.79 Å². The number of nitrogens with zero attached hydrogens (tertiary/aromatic N) is 2. The predicted molar refractivity (Wildman–Crippen MR) is 43.5 cm³/mol. The molecule has 0 aliphatic heterocycles. The highest BCUT2D eigenvalue weighted by Gasteiger charge is 2.10. The van der Waals surface area contributed by atoms with Gasteiger partial charge in [-0.15, -0.1) is 0 Å². The van der Waals surface area contributed by atoms with Crippen LogP contribution in [0, 0.1) is 11.3 Å². The minimum atomic E-state index is -0.760. The van der Waals surface area contributed by atoms with Gasteiger partial charge >= 0.3 is 0 Å². The maximum atomic E-state index is 10.6. The van der Waals surface area contributed by atoms with E-state index in [2.05, 4.69) is 4.98 Å². The van der Waals surface area contributed by atoms with Gasteiger partial charge in [-0.05, 0) is 17.7 Å². The molecule has 1 aromatic rings. The quantitative estimate of drug-likeness (QED) is 0.654. The van der Waals surface area contributed by atoms with Crippen LogP contribution in [0.2, 0.25) is 0 Å². The number of aromatic nitrogens is 1. The lowest BCUT2D eigenvalue weighted by atomic mass is 10.2. The van der Waals surface area contributed by atoms with Crippen molar-refractivity contribution in [3.8, 4) is 6.07 Å². The van der Waals surface area contributed by atoms with Gasteiger partial charge in [0.1, 0.15) is 11.8 Å². The Balaban J connectivity index is 3.35. The van der Waals surface area contributed by atoms with Crippen LogP contribution in [-0.4, -0.2) is 10.2 Å². The van der Waals surface area contributed by atoms with Gasteiger partial charge in [-0.1, -0.05) is 0 Å². The van der Waals surface area contributed by atoms with Crippen molar-refractivity contribution in [2.75, 3.05) is 5.73 Å². The highest BCUT2D eigenvalue weighted by Crippen LogP contribution is 2.15. The van der Waals surface area contributed by atoms with Gasteiger partial charge in [-0.2, -0.15) is 5.26 Å². The zero-order valence-corrected chi connectivity index (χ0v) is 6.67. The molecule has 2 N–H and O–H groups in total. The second-order valence-electron chi connectivity index (χ2n) is 2.01. The molecule has 12 heavy (non-hydrogen) atoms. The Bertz CT molecular complexity index is 369. The van der Waals surface area contributed by atoms with Gasteiger partial charge in [0.15, 0.2) is 0 Å². The molecule has 0 aliphatic carbocycles. The van der Waals surface area contributed by atoms with E-state index in [-0.39, 0.29) is 16.9 Å². The number of nitrogens with two attached hydrogens (primary N) is 1. The summed E-state index contributed by atoms with van der Waals surface area (Å²) in [4.78, 5) is 14.3. The molecule has 0 amide bonds. The van der Waals surface area contributed by atoms with Crippen LogP contribution in [0.1, 0.15) is 16.1 Å². The molecule has 1 heterocycles. The third-order valence-electron chi connectivity index (χ3n) is 1.30. The summed E-state index contributed by atoms with van der Waals surface area (Å²) in [5.41, 5.74) is 5.56. The molecule has 0 radical (unpaired) electrons. The van der Waals surface area contributed by atoms with E-state index in [1.54, 1.807) is 0 Å². The first kappa shape index (κ1) is 8.50. The number of halogens is 1. The lowest BCUT2D eigenvalue weighted by molar-refractivity contribution is 0.107. The van der Waals surface area contributed by atoms with E-state index in [1.807, 2.05) is 6.07 Å². The van der Waals surface area contributed by atoms with Gasteiger partial charge in [0.25, 0.3) is 5.24 Å². The van der Waals surface area contributed by atoms with Crippen molar-refractivity contribution in [1.29, 1.82) is 5.26 Å². The number of hydrogen-bond acceptors (Lipinski definition) is 4. The number of nitrogen functional groups attached to an aromatic ring is 1. The van der Waals surface area contributed by atoms with Crippen LogP contribution >= 0.6 is 11.6 Å². The van der Waals surface area contributed by atoms with Crippen LogP contribution in [0.3, 0.4) is 0 Å². The van der Waals surface area contributed by atoms with Crippen molar-refractivity contribution in [2.45, 2.75) is 0 Å². The van der Waals surface area contributed by atoms with Crippen molar-refractivity contribution in [2.24, 2.45) is 0 Å². The number of hydrogen-bond donors (Lipinski definition) is 1. The van der Waals surface area contributed by atoms with E-state index >= 15 is 0 Å². The number of carbonyl (C=O) groups excluding carboxylic acids is 1. The molecule has 0 saturated heterocycles. The van der Waals surface area contributed by atoms with Gasteiger partial charge in [0.05, 0.1) is 11.3 Å². The summed E-state index contributed by atoms with van der Waals surface area (Å²) in [6.07, 6.45) is 1.31. The highest BCUT2D eigenvalue weighted by atomic mass is 35.5. The number of nitriles is 1. The van der Waals surface area contributed by atoms with Gasteiger partial charge in [-0.25, -0.2) is 4.98 Å². The molecular weight excluding hydrogens is 178 g/mol. The Morgan fingerprint density at radius 3 is 2.92 bits per heavy atom. The van der Waals surface area contributed by atoms with Crippen LogP contribution in [0.5, 0.6) is 0 Å². The third-order valence-corrected chi connectivity index (χ3v) is 1.48. The van der Waals surface area contributed by atoms with Gasteiger partial charge in [0.2, 0.25) is 0 Å². The summed E-state index contributed by atoms with van der Waals surface area (Å²) in [6.45, 7) is 0. The molecule has 0 unspecified atom stereocenters. The monoisotopic (exact) mass is 181 g/mol. The molecule has 0 saturated carbocycles. The van der Waals surface area contributed by atoms with E-state index < -0.39 is 5.24 Å². The molecular formula is C7H4ClN3O. The van der Waals surface area contributed by atoms with Crippen LogP contribution < -0.4 is 5.73 Å². The second kappa shape index (κ2) is 3.20. The number of pyridine rings is 1. The van der Waals surface area contributed by atoms with Crippen molar-refractivity contribution in [3.05, 3.63) is 23.5 Å². The maximum Gasteiger partial charge on any atom is 0.272 e. The minimum absolute atomic E-state index is 0.0278. The SMILES string of the molecule is N#Cc1ccnc(C(=O)Cl)c1N. The van der Waals surface area contributed by atoms with E-state index in [1.165, 1.54) is 12.3 Å². The van der Waals surface area contributed by atoms with E-state index in [0.29, 0.717) is 0 Å². The van der Waals surface area contributed by atoms with Gasteiger partial charge < -0.3 is 5.73 Å². The Kier molecular flexibility index (Phi) is 2.26. The molecule has 0 bridgehead atoms. The van der Waals surface area contributed by atoms with Gasteiger partial charge in [-0.3, -0.25) is 4.79 Å². The first-order valence-electron chi connectivity index (χ1n) is 3.01. The van der Waals surface area contributed by atoms with Crippen molar-refractivity contribution in [1.82, 2.24) is 4.98 Å². The molecule has 0 aliphatic rings. The average molecular weight is 182 g/mol. The standard InChI is InChI=1S/C7H4ClN3O/c8-7(12)6-5(10)4(3-9)1-2-11-6/h1-2H,10H2. The molecule has 1 aromatic heterocycles. The van der Waals surface area contributed by atoms with E-state index in [9.17, 15) is 4.79 Å². The van der Waals surface area contributed by atoms with Crippen LogP contribution in [0.25, 0.3) is 0 Å². The largest absolute Gasteiger partial charge is 0.396 e.